The average molecular weight is 456 g/mol. The highest BCUT2D eigenvalue weighted by Crippen LogP contribution is 2.21. The van der Waals surface area contributed by atoms with Gasteiger partial charge in [0.25, 0.3) is 5.56 Å². The zero-order valence-corrected chi connectivity index (χ0v) is 20.4. The van der Waals surface area contributed by atoms with Gasteiger partial charge in [-0.25, -0.2) is 4.68 Å². The molecule has 8 nitrogen and oxygen atoms in total. The second-order valence-electron chi connectivity index (χ2n) is 9.13. The van der Waals surface area contributed by atoms with Crippen molar-refractivity contribution in [2.45, 2.75) is 65.5 Å². The molecule has 0 radical (unpaired) electrons. The number of anilines is 1. The highest BCUT2D eigenvalue weighted by atomic mass is 16.2. The van der Waals surface area contributed by atoms with Crippen LogP contribution in [0.25, 0.3) is 5.69 Å². The van der Waals surface area contributed by atoms with E-state index in [1.54, 1.807) is 16.4 Å². The van der Waals surface area contributed by atoms with Crippen LogP contribution in [-0.4, -0.2) is 51.3 Å². The first kappa shape index (κ1) is 24.8. The van der Waals surface area contributed by atoms with Gasteiger partial charge in [-0.2, -0.15) is 0 Å². The molecule has 2 amide bonds. The Kier molecular flexibility index (Phi) is 8.13. The SMILES string of the molecule is CCCC(C)NC(=O)C1CCCN(C(C)C(=O)Nc2c(C)n(C)n(-c3ccccc3)c2=O)C1. The zero-order valence-electron chi connectivity index (χ0n) is 20.4. The number of nitrogens with zero attached hydrogens (tertiary/aromatic N) is 3. The van der Waals surface area contributed by atoms with Gasteiger partial charge in [-0.15, -0.1) is 0 Å². The molecule has 3 unspecified atom stereocenters. The molecule has 0 spiro atoms. The van der Waals surface area contributed by atoms with E-state index in [2.05, 4.69) is 17.6 Å². The molecule has 1 fully saturated rings. The van der Waals surface area contributed by atoms with Gasteiger partial charge in [0.15, 0.2) is 0 Å². The normalized spacial score (nSPS) is 18.5. The van der Waals surface area contributed by atoms with E-state index >= 15 is 0 Å². The van der Waals surface area contributed by atoms with Crippen LogP contribution in [0.1, 0.15) is 52.1 Å². The number of piperidine rings is 1. The topological polar surface area (TPSA) is 88.4 Å². The molecule has 2 aromatic rings. The van der Waals surface area contributed by atoms with Crippen molar-refractivity contribution >= 4 is 17.5 Å². The fraction of sp³-hybridized carbons (Fsp3) is 0.560. The van der Waals surface area contributed by atoms with Crippen molar-refractivity contribution in [3.8, 4) is 5.69 Å². The van der Waals surface area contributed by atoms with Gasteiger partial charge in [-0.1, -0.05) is 31.5 Å². The van der Waals surface area contributed by atoms with E-state index in [4.69, 9.17) is 0 Å². The third kappa shape index (κ3) is 5.55. The molecule has 180 valence electrons. The molecule has 1 aromatic heterocycles. The standard InChI is InChI=1S/C25H37N5O3/c1-6-11-17(2)26-24(32)20-12-10-15-29(16-20)19(4)23(31)27-22-18(3)28(5)30(25(22)33)21-13-8-7-9-14-21/h7-9,13-14,17,19-20H,6,10-12,15-16H2,1-5H3,(H,26,32)(H,27,31). The number of hydrogen-bond donors (Lipinski definition) is 2. The summed E-state index contributed by atoms with van der Waals surface area (Å²) in [4.78, 5) is 40.9. The molecule has 3 atom stereocenters. The van der Waals surface area contributed by atoms with Gasteiger partial charge in [0.1, 0.15) is 5.69 Å². The minimum absolute atomic E-state index is 0.0675. The minimum Gasteiger partial charge on any atom is -0.353 e. The number of carbonyl (C=O) groups excluding carboxylic acids is 2. The van der Waals surface area contributed by atoms with E-state index < -0.39 is 6.04 Å². The molecule has 3 rings (SSSR count). The second-order valence-corrected chi connectivity index (χ2v) is 9.13. The summed E-state index contributed by atoms with van der Waals surface area (Å²) in [6.07, 6.45) is 3.68. The Labute approximate surface area is 195 Å². The number of nitrogens with one attached hydrogen (secondary N) is 2. The van der Waals surface area contributed by atoms with Gasteiger partial charge in [0, 0.05) is 19.6 Å². The molecular formula is C25H37N5O3. The first-order chi connectivity index (χ1) is 15.7. The highest BCUT2D eigenvalue weighted by molar-refractivity contribution is 5.95. The number of hydrogen-bond acceptors (Lipinski definition) is 4. The van der Waals surface area contributed by atoms with Crippen LogP contribution in [0, 0.1) is 12.8 Å². The molecule has 0 saturated carbocycles. The van der Waals surface area contributed by atoms with Crippen molar-refractivity contribution in [3.63, 3.8) is 0 Å². The van der Waals surface area contributed by atoms with Crippen LogP contribution in [-0.2, 0) is 16.6 Å². The van der Waals surface area contributed by atoms with Crippen LogP contribution in [0.4, 0.5) is 5.69 Å². The molecule has 8 heteroatoms. The van der Waals surface area contributed by atoms with Crippen LogP contribution < -0.4 is 16.2 Å². The molecule has 33 heavy (non-hydrogen) atoms. The Hall–Kier alpha value is -2.87. The van der Waals surface area contributed by atoms with Gasteiger partial charge in [-0.05, 0) is 58.7 Å². The molecule has 2 N–H and O–H groups in total. The van der Waals surface area contributed by atoms with Crippen molar-refractivity contribution in [1.29, 1.82) is 0 Å². The van der Waals surface area contributed by atoms with Crippen molar-refractivity contribution in [2.24, 2.45) is 13.0 Å². The fourth-order valence-corrected chi connectivity index (χ4v) is 4.54. The molecular weight excluding hydrogens is 418 g/mol. The summed E-state index contributed by atoms with van der Waals surface area (Å²) >= 11 is 0. The smallest absolute Gasteiger partial charge is 0.295 e. The largest absolute Gasteiger partial charge is 0.353 e. The summed E-state index contributed by atoms with van der Waals surface area (Å²) < 4.78 is 3.30. The zero-order chi connectivity index (χ0) is 24.1. The first-order valence-corrected chi connectivity index (χ1v) is 11.9. The van der Waals surface area contributed by atoms with Crippen LogP contribution >= 0.6 is 0 Å². The number of rotatable bonds is 8. The van der Waals surface area contributed by atoms with Crippen LogP contribution in [0.3, 0.4) is 0 Å². The Morgan fingerprint density at radius 3 is 2.55 bits per heavy atom. The first-order valence-electron chi connectivity index (χ1n) is 11.9. The predicted octanol–water partition coefficient (Wildman–Crippen LogP) is 2.83. The molecule has 1 aliphatic rings. The third-order valence-electron chi connectivity index (χ3n) is 6.66. The van der Waals surface area contributed by atoms with Crippen molar-refractivity contribution in [2.75, 3.05) is 18.4 Å². The lowest BCUT2D eigenvalue weighted by atomic mass is 9.95. The van der Waals surface area contributed by atoms with Crippen molar-refractivity contribution in [3.05, 3.63) is 46.4 Å². The molecule has 1 saturated heterocycles. The van der Waals surface area contributed by atoms with E-state index in [1.807, 2.05) is 56.0 Å². The molecule has 1 aromatic carbocycles. The number of likely N-dealkylation sites (tertiary alicyclic amines) is 1. The number of aromatic nitrogens is 2. The Morgan fingerprint density at radius 1 is 1.18 bits per heavy atom. The number of benzene rings is 1. The van der Waals surface area contributed by atoms with Crippen molar-refractivity contribution < 1.29 is 9.59 Å². The number of carbonyl (C=O) groups is 2. The van der Waals surface area contributed by atoms with Gasteiger partial charge >= 0.3 is 0 Å². The summed E-state index contributed by atoms with van der Waals surface area (Å²) in [6.45, 7) is 9.09. The summed E-state index contributed by atoms with van der Waals surface area (Å²) in [5.74, 6) is -0.290. The summed E-state index contributed by atoms with van der Waals surface area (Å²) in [7, 11) is 1.80. The average Bonchev–Trinajstić information content (AvgIpc) is 3.02. The number of para-hydroxylation sites is 1. The monoisotopic (exact) mass is 455 g/mol. The lowest BCUT2D eigenvalue weighted by Gasteiger charge is -2.35. The molecule has 0 aliphatic carbocycles. The minimum atomic E-state index is -0.446. The highest BCUT2D eigenvalue weighted by Gasteiger charge is 2.32. The van der Waals surface area contributed by atoms with E-state index in [0.717, 1.165) is 37.9 Å². The lowest BCUT2D eigenvalue weighted by molar-refractivity contribution is -0.129. The van der Waals surface area contributed by atoms with E-state index in [-0.39, 0.29) is 35.0 Å². The Morgan fingerprint density at radius 2 is 1.88 bits per heavy atom. The van der Waals surface area contributed by atoms with Crippen molar-refractivity contribution in [1.82, 2.24) is 19.6 Å². The Balaban J connectivity index is 1.70. The third-order valence-corrected chi connectivity index (χ3v) is 6.66. The van der Waals surface area contributed by atoms with E-state index in [9.17, 15) is 14.4 Å². The predicted molar refractivity (Wildman–Crippen MR) is 131 cm³/mol. The van der Waals surface area contributed by atoms with Gasteiger partial charge in [-0.3, -0.25) is 24.0 Å². The maximum atomic E-state index is 13.1. The fourth-order valence-electron chi connectivity index (χ4n) is 4.54. The van der Waals surface area contributed by atoms with Crippen LogP contribution in [0.15, 0.2) is 35.1 Å². The maximum absolute atomic E-state index is 13.1. The van der Waals surface area contributed by atoms with E-state index in [1.165, 1.54) is 0 Å². The lowest BCUT2D eigenvalue weighted by Crippen LogP contribution is -2.51. The van der Waals surface area contributed by atoms with Crippen LogP contribution in [0.5, 0.6) is 0 Å². The molecule has 0 bridgehead atoms. The van der Waals surface area contributed by atoms with Gasteiger partial charge in [0.05, 0.1) is 23.3 Å². The van der Waals surface area contributed by atoms with E-state index in [0.29, 0.717) is 12.2 Å². The maximum Gasteiger partial charge on any atom is 0.295 e. The van der Waals surface area contributed by atoms with Gasteiger partial charge in [0.2, 0.25) is 11.8 Å². The number of amides is 2. The summed E-state index contributed by atoms with van der Waals surface area (Å²) in [5, 5.41) is 5.97. The Bertz CT molecular complexity index is 1030. The summed E-state index contributed by atoms with van der Waals surface area (Å²) in [5.41, 5.74) is 1.45. The molecule has 1 aliphatic heterocycles. The quantitative estimate of drug-likeness (QED) is 0.641. The van der Waals surface area contributed by atoms with Gasteiger partial charge < -0.3 is 10.6 Å². The van der Waals surface area contributed by atoms with Crippen LogP contribution in [0.2, 0.25) is 0 Å². The second kappa shape index (κ2) is 10.8. The molecule has 2 heterocycles. The summed E-state index contributed by atoms with van der Waals surface area (Å²) in [6, 6.07) is 9.06.